The maximum atomic E-state index is 12.4. The van der Waals surface area contributed by atoms with Crippen molar-refractivity contribution in [3.8, 4) is 0 Å². The first-order valence-electron chi connectivity index (χ1n) is 6.26. The highest BCUT2D eigenvalue weighted by Gasteiger charge is 2.39. The molecule has 0 saturated carbocycles. The Balaban J connectivity index is 0.00000180. The van der Waals surface area contributed by atoms with Crippen LogP contribution >= 0.6 is 23.7 Å². The van der Waals surface area contributed by atoms with E-state index in [0.29, 0.717) is 13.2 Å². The SMILES string of the molecule is COCC1(C(=O)NCc2ccsc2)CCNCC1.Cl. The van der Waals surface area contributed by atoms with Crippen LogP contribution in [0, 0.1) is 5.41 Å². The van der Waals surface area contributed by atoms with Gasteiger partial charge in [-0.2, -0.15) is 11.3 Å². The molecule has 19 heavy (non-hydrogen) atoms. The van der Waals surface area contributed by atoms with Crippen molar-refractivity contribution in [1.82, 2.24) is 10.6 Å². The number of hydrogen-bond donors (Lipinski definition) is 2. The number of thiophene rings is 1. The Morgan fingerprint density at radius 2 is 2.26 bits per heavy atom. The van der Waals surface area contributed by atoms with E-state index in [-0.39, 0.29) is 23.7 Å². The van der Waals surface area contributed by atoms with Gasteiger partial charge in [-0.25, -0.2) is 0 Å². The minimum atomic E-state index is -0.351. The summed E-state index contributed by atoms with van der Waals surface area (Å²) in [4.78, 5) is 12.4. The van der Waals surface area contributed by atoms with Crippen molar-refractivity contribution in [2.24, 2.45) is 5.41 Å². The van der Waals surface area contributed by atoms with Crippen LogP contribution in [-0.4, -0.2) is 32.7 Å². The van der Waals surface area contributed by atoms with E-state index in [1.165, 1.54) is 0 Å². The lowest BCUT2D eigenvalue weighted by Crippen LogP contribution is -2.49. The van der Waals surface area contributed by atoms with E-state index in [1.807, 2.05) is 11.4 Å². The van der Waals surface area contributed by atoms with Crippen LogP contribution in [0.1, 0.15) is 18.4 Å². The average molecular weight is 305 g/mol. The van der Waals surface area contributed by atoms with E-state index in [2.05, 4.69) is 16.0 Å². The summed E-state index contributed by atoms with van der Waals surface area (Å²) >= 11 is 1.65. The number of halogens is 1. The van der Waals surface area contributed by atoms with Crippen LogP contribution in [0.4, 0.5) is 0 Å². The van der Waals surface area contributed by atoms with Crippen LogP contribution < -0.4 is 10.6 Å². The Kier molecular flexibility index (Phi) is 6.79. The zero-order valence-corrected chi connectivity index (χ0v) is 12.7. The van der Waals surface area contributed by atoms with E-state index in [0.717, 1.165) is 31.5 Å². The molecule has 0 unspecified atom stereocenters. The lowest BCUT2D eigenvalue weighted by atomic mass is 9.78. The van der Waals surface area contributed by atoms with Gasteiger partial charge in [-0.1, -0.05) is 0 Å². The number of piperidine rings is 1. The number of carbonyl (C=O) groups excluding carboxylic acids is 1. The molecule has 0 aromatic carbocycles. The minimum absolute atomic E-state index is 0. The average Bonchev–Trinajstić information content (AvgIpc) is 2.90. The third kappa shape index (κ3) is 4.18. The smallest absolute Gasteiger partial charge is 0.228 e. The second-order valence-corrected chi connectivity index (χ2v) is 5.56. The normalized spacial score (nSPS) is 17.5. The first-order valence-corrected chi connectivity index (χ1v) is 7.20. The van der Waals surface area contributed by atoms with E-state index >= 15 is 0 Å². The molecule has 2 heterocycles. The summed E-state index contributed by atoms with van der Waals surface area (Å²) in [6, 6.07) is 2.04. The fourth-order valence-electron chi connectivity index (χ4n) is 2.38. The number of methoxy groups -OCH3 is 1. The predicted molar refractivity (Wildman–Crippen MR) is 79.8 cm³/mol. The Bertz CT molecular complexity index is 372. The van der Waals surface area contributed by atoms with Gasteiger partial charge in [0, 0.05) is 13.7 Å². The van der Waals surface area contributed by atoms with Gasteiger partial charge in [0.25, 0.3) is 0 Å². The molecule has 2 rings (SSSR count). The lowest BCUT2D eigenvalue weighted by Gasteiger charge is -2.35. The van der Waals surface area contributed by atoms with Crippen molar-refractivity contribution in [1.29, 1.82) is 0 Å². The second-order valence-electron chi connectivity index (χ2n) is 4.78. The fraction of sp³-hybridized carbons (Fsp3) is 0.615. The van der Waals surface area contributed by atoms with E-state index in [9.17, 15) is 4.79 Å². The van der Waals surface area contributed by atoms with Gasteiger partial charge in [-0.3, -0.25) is 4.79 Å². The Morgan fingerprint density at radius 3 is 2.84 bits per heavy atom. The first-order chi connectivity index (χ1) is 8.77. The van der Waals surface area contributed by atoms with Gasteiger partial charge in [0.15, 0.2) is 0 Å². The maximum Gasteiger partial charge on any atom is 0.228 e. The van der Waals surface area contributed by atoms with Crippen molar-refractivity contribution in [3.63, 3.8) is 0 Å². The molecule has 0 spiro atoms. The summed E-state index contributed by atoms with van der Waals surface area (Å²) < 4.78 is 5.26. The van der Waals surface area contributed by atoms with Gasteiger partial charge >= 0.3 is 0 Å². The third-order valence-electron chi connectivity index (χ3n) is 3.50. The molecule has 1 saturated heterocycles. The highest BCUT2D eigenvalue weighted by Crippen LogP contribution is 2.29. The topological polar surface area (TPSA) is 50.4 Å². The molecule has 1 amide bonds. The van der Waals surface area contributed by atoms with Crippen molar-refractivity contribution in [2.75, 3.05) is 26.8 Å². The predicted octanol–water partition coefficient (Wildman–Crippen LogP) is 1.80. The van der Waals surface area contributed by atoms with Crippen molar-refractivity contribution < 1.29 is 9.53 Å². The van der Waals surface area contributed by atoms with Crippen molar-refractivity contribution in [2.45, 2.75) is 19.4 Å². The van der Waals surface area contributed by atoms with Crippen LogP contribution in [0.3, 0.4) is 0 Å². The molecule has 0 aliphatic carbocycles. The zero-order valence-electron chi connectivity index (χ0n) is 11.1. The van der Waals surface area contributed by atoms with Crippen LogP contribution in [0.2, 0.25) is 0 Å². The highest BCUT2D eigenvalue weighted by molar-refractivity contribution is 7.07. The molecule has 4 nitrogen and oxygen atoms in total. The molecule has 1 aliphatic heterocycles. The quantitative estimate of drug-likeness (QED) is 0.872. The van der Waals surface area contributed by atoms with Gasteiger partial charge in [0.2, 0.25) is 5.91 Å². The van der Waals surface area contributed by atoms with Crippen molar-refractivity contribution >= 4 is 29.7 Å². The number of hydrogen-bond acceptors (Lipinski definition) is 4. The molecular weight excluding hydrogens is 284 g/mol. The molecule has 1 fully saturated rings. The summed E-state index contributed by atoms with van der Waals surface area (Å²) in [5.74, 6) is 0.122. The van der Waals surface area contributed by atoms with Gasteiger partial charge < -0.3 is 15.4 Å². The standard InChI is InChI=1S/C13H20N2O2S.ClH/c1-17-10-13(3-5-14-6-4-13)12(16)15-8-11-2-7-18-9-11;/h2,7,9,14H,3-6,8,10H2,1H3,(H,15,16);1H. The molecular formula is C13H21ClN2O2S. The number of carbonyl (C=O) groups is 1. The Labute approximate surface area is 124 Å². The van der Waals surface area contributed by atoms with E-state index in [1.54, 1.807) is 18.4 Å². The summed E-state index contributed by atoms with van der Waals surface area (Å²) in [6.07, 6.45) is 1.69. The monoisotopic (exact) mass is 304 g/mol. The maximum absolute atomic E-state index is 12.4. The second kappa shape index (κ2) is 7.85. The zero-order chi connectivity index (χ0) is 12.8. The lowest BCUT2D eigenvalue weighted by molar-refractivity contribution is -0.136. The number of amides is 1. The summed E-state index contributed by atoms with van der Waals surface area (Å²) in [6.45, 7) is 2.88. The fourth-order valence-corrected chi connectivity index (χ4v) is 3.05. The van der Waals surface area contributed by atoms with Gasteiger partial charge in [-0.15, -0.1) is 12.4 Å². The number of rotatable bonds is 5. The molecule has 6 heteroatoms. The summed E-state index contributed by atoms with van der Waals surface area (Å²) in [7, 11) is 1.66. The molecule has 1 aromatic rings. The molecule has 0 radical (unpaired) electrons. The van der Waals surface area contributed by atoms with E-state index in [4.69, 9.17) is 4.74 Å². The van der Waals surface area contributed by atoms with Gasteiger partial charge in [0.05, 0.1) is 12.0 Å². The largest absolute Gasteiger partial charge is 0.384 e. The molecule has 108 valence electrons. The Morgan fingerprint density at radius 1 is 1.53 bits per heavy atom. The molecule has 1 aromatic heterocycles. The Hall–Kier alpha value is -0.620. The third-order valence-corrected chi connectivity index (χ3v) is 4.23. The minimum Gasteiger partial charge on any atom is -0.384 e. The van der Waals surface area contributed by atoms with Crippen LogP contribution in [0.5, 0.6) is 0 Å². The molecule has 0 bridgehead atoms. The van der Waals surface area contributed by atoms with Crippen LogP contribution in [0.15, 0.2) is 16.8 Å². The number of ether oxygens (including phenoxy) is 1. The molecule has 1 aliphatic rings. The first kappa shape index (κ1) is 16.4. The van der Waals surface area contributed by atoms with E-state index < -0.39 is 0 Å². The van der Waals surface area contributed by atoms with Gasteiger partial charge in [-0.05, 0) is 48.3 Å². The summed E-state index contributed by atoms with van der Waals surface area (Å²) in [5.41, 5.74) is 0.811. The van der Waals surface area contributed by atoms with Crippen LogP contribution in [0.25, 0.3) is 0 Å². The summed E-state index contributed by atoms with van der Waals surface area (Å²) in [5, 5.41) is 10.4. The van der Waals surface area contributed by atoms with Crippen LogP contribution in [-0.2, 0) is 16.1 Å². The molecule has 0 atom stereocenters. The highest BCUT2D eigenvalue weighted by atomic mass is 35.5. The van der Waals surface area contributed by atoms with Gasteiger partial charge in [0.1, 0.15) is 0 Å². The molecule has 2 N–H and O–H groups in total. The number of nitrogens with one attached hydrogen (secondary N) is 2. The van der Waals surface area contributed by atoms with Crippen molar-refractivity contribution in [3.05, 3.63) is 22.4 Å².